The lowest BCUT2D eigenvalue weighted by atomic mass is 10.3. The number of ether oxygens (including phenoxy) is 1. The molecule has 0 saturated carbocycles. The van der Waals surface area contributed by atoms with Crippen LogP contribution in [0.15, 0.2) is 36.1 Å². The van der Waals surface area contributed by atoms with E-state index >= 15 is 0 Å². The molecule has 1 unspecified atom stereocenters. The van der Waals surface area contributed by atoms with Gasteiger partial charge in [-0.3, -0.25) is 0 Å². The summed E-state index contributed by atoms with van der Waals surface area (Å²) in [7, 11) is 0. The normalized spacial score (nSPS) is 11.7. The van der Waals surface area contributed by atoms with Crippen molar-refractivity contribution in [1.82, 2.24) is 0 Å². The molecule has 1 nitrogen and oxygen atoms in total. The van der Waals surface area contributed by atoms with E-state index in [1.807, 2.05) is 24.4 Å². The van der Waals surface area contributed by atoms with Gasteiger partial charge >= 0.3 is 0 Å². The fourth-order valence-corrected chi connectivity index (χ4v) is 1.46. The highest BCUT2D eigenvalue weighted by Crippen LogP contribution is 2.21. The smallest absolute Gasteiger partial charge is 0.130 e. The summed E-state index contributed by atoms with van der Waals surface area (Å²) in [6.45, 7) is 5.41. The molecule has 0 radical (unpaired) electrons. The van der Waals surface area contributed by atoms with Crippen LogP contribution in [0.3, 0.4) is 0 Å². The third kappa shape index (κ3) is 2.26. The molecule has 58 valence electrons. The van der Waals surface area contributed by atoms with Gasteiger partial charge < -0.3 is 4.74 Å². The summed E-state index contributed by atoms with van der Waals surface area (Å²) in [6, 6.07) is 4.06. The van der Waals surface area contributed by atoms with Crippen molar-refractivity contribution in [2.75, 3.05) is 0 Å². The molecule has 1 rings (SSSR count). The Hall–Kier alpha value is -0.980. The molecular formula is C9H10OS. The van der Waals surface area contributed by atoms with Gasteiger partial charge in [0.15, 0.2) is 0 Å². The van der Waals surface area contributed by atoms with E-state index in [-0.39, 0.29) is 6.10 Å². The highest BCUT2D eigenvalue weighted by Gasteiger charge is 2.03. The van der Waals surface area contributed by atoms with Crippen LogP contribution in [-0.4, -0.2) is 0 Å². The number of hydrogen-bond acceptors (Lipinski definition) is 2. The van der Waals surface area contributed by atoms with Gasteiger partial charge in [0.2, 0.25) is 0 Å². The van der Waals surface area contributed by atoms with Crippen LogP contribution in [0.25, 0.3) is 0 Å². The van der Waals surface area contributed by atoms with Crippen molar-refractivity contribution in [1.29, 1.82) is 0 Å². The van der Waals surface area contributed by atoms with E-state index in [1.54, 1.807) is 11.3 Å². The van der Waals surface area contributed by atoms with Crippen molar-refractivity contribution in [2.45, 2.75) is 13.0 Å². The Kier molecular flexibility index (Phi) is 2.96. The molecule has 0 aliphatic rings. The predicted octanol–water partition coefficient (Wildman–Crippen LogP) is 3.12. The Morgan fingerprint density at radius 1 is 1.82 bits per heavy atom. The summed E-state index contributed by atoms with van der Waals surface area (Å²) in [6.07, 6.45) is 1.61. The fraction of sp³-hybridized carbons (Fsp3) is 0.222. The average molecular weight is 166 g/mol. The first-order valence-corrected chi connectivity index (χ1v) is 4.25. The van der Waals surface area contributed by atoms with Gasteiger partial charge in [-0.15, -0.1) is 11.3 Å². The van der Waals surface area contributed by atoms with Gasteiger partial charge in [0.1, 0.15) is 12.4 Å². The lowest BCUT2D eigenvalue weighted by Crippen LogP contribution is -1.89. The van der Waals surface area contributed by atoms with Crippen LogP contribution < -0.4 is 0 Å². The van der Waals surface area contributed by atoms with E-state index in [2.05, 4.69) is 12.3 Å². The zero-order valence-electron chi connectivity index (χ0n) is 6.41. The zero-order valence-corrected chi connectivity index (χ0v) is 7.23. The van der Waals surface area contributed by atoms with Crippen LogP contribution in [0.5, 0.6) is 0 Å². The first-order valence-electron chi connectivity index (χ1n) is 3.37. The van der Waals surface area contributed by atoms with Crippen molar-refractivity contribution in [2.24, 2.45) is 0 Å². The summed E-state index contributed by atoms with van der Waals surface area (Å²) in [5.41, 5.74) is 2.57. The van der Waals surface area contributed by atoms with E-state index in [4.69, 9.17) is 4.74 Å². The minimum Gasteiger partial charge on any atom is -0.485 e. The molecule has 0 fully saturated rings. The first-order chi connectivity index (χ1) is 5.34. The predicted molar refractivity (Wildman–Crippen MR) is 47.5 cm³/mol. The van der Waals surface area contributed by atoms with Crippen molar-refractivity contribution in [3.05, 3.63) is 41.0 Å². The monoisotopic (exact) mass is 166 g/mol. The summed E-state index contributed by atoms with van der Waals surface area (Å²) >= 11 is 1.69. The highest BCUT2D eigenvalue weighted by molar-refractivity contribution is 7.10. The number of rotatable bonds is 3. The number of hydrogen-bond donors (Lipinski definition) is 0. The Morgan fingerprint density at radius 3 is 3.18 bits per heavy atom. The fourth-order valence-electron chi connectivity index (χ4n) is 0.740. The van der Waals surface area contributed by atoms with E-state index < -0.39 is 0 Å². The van der Waals surface area contributed by atoms with Crippen LogP contribution in [0.4, 0.5) is 0 Å². The first kappa shape index (κ1) is 8.12. The van der Waals surface area contributed by atoms with E-state index in [9.17, 15) is 0 Å². The molecule has 1 atom stereocenters. The largest absolute Gasteiger partial charge is 0.485 e. The van der Waals surface area contributed by atoms with Crippen molar-refractivity contribution < 1.29 is 4.74 Å². The second-order valence-corrected chi connectivity index (χ2v) is 3.09. The Morgan fingerprint density at radius 2 is 2.64 bits per heavy atom. The minimum absolute atomic E-state index is 0.115. The lowest BCUT2D eigenvalue weighted by Gasteiger charge is -2.06. The molecule has 0 aliphatic carbocycles. The zero-order chi connectivity index (χ0) is 8.10. The molecule has 1 heterocycles. The maximum Gasteiger partial charge on any atom is 0.130 e. The van der Waals surface area contributed by atoms with Crippen LogP contribution in [-0.2, 0) is 4.74 Å². The van der Waals surface area contributed by atoms with Gasteiger partial charge in [-0.25, -0.2) is 0 Å². The third-order valence-corrected chi connectivity index (χ3v) is 2.33. The van der Waals surface area contributed by atoms with E-state index in [0.717, 1.165) is 0 Å². The second kappa shape index (κ2) is 4.02. The Labute approximate surface area is 70.6 Å². The van der Waals surface area contributed by atoms with Gasteiger partial charge in [-0.05, 0) is 18.4 Å². The molecule has 0 spiro atoms. The topological polar surface area (TPSA) is 9.23 Å². The van der Waals surface area contributed by atoms with Crippen molar-refractivity contribution in [3.8, 4) is 0 Å². The molecular weight excluding hydrogens is 156 g/mol. The highest BCUT2D eigenvalue weighted by atomic mass is 32.1. The summed E-state index contributed by atoms with van der Waals surface area (Å²) in [4.78, 5) is 1.22. The second-order valence-electron chi connectivity index (χ2n) is 2.12. The van der Waals surface area contributed by atoms with Crippen LogP contribution in [0.2, 0.25) is 0 Å². The van der Waals surface area contributed by atoms with E-state index in [1.165, 1.54) is 11.1 Å². The summed E-state index contributed by atoms with van der Waals surface area (Å²) in [5, 5.41) is 2.03. The summed E-state index contributed by atoms with van der Waals surface area (Å²) < 4.78 is 5.25. The van der Waals surface area contributed by atoms with Gasteiger partial charge in [0.05, 0.1) is 0 Å². The molecule has 0 aromatic carbocycles. The molecule has 2 heteroatoms. The SMILES string of the molecule is C=C=COC(C)c1cccs1. The van der Waals surface area contributed by atoms with Crippen LogP contribution in [0.1, 0.15) is 17.9 Å². The molecule has 0 aliphatic heterocycles. The van der Waals surface area contributed by atoms with E-state index in [0.29, 0.717) is 0 Å². The standard InChI is InChI=1S/C9H10OS/c1-3-6-10-8(2)9-5-4-7-11-9/h4-8H,1H2,2H3. The van der Waals surface area contributed by atoms with Gasteiger partial charge in [0.25, 0.3) is 0 Å². The molecule has 1 aromatic rings. The average Bonchev–Trinajstić information content (AvgIpc) is 2.52. The minimum atomic E-state index is 0.115. The maximum atomic E-state index is 5.25. The van der Waals surface area contributed by atoms with Gasteiger partial charge in [-0.2, -0.15) is 0 Å². The van der Waals surface area contributed by atoms with Crippen LogP contribution in [0, 0.1) is 0 Å². The molecule has 0 N–H and O–H groups in total. The van der Waals surface area contributed by atoms with Gasteiger partial charge in [0, 0.05) is 4.88 Å². The third-order valence-electron chi connectivity index (χ3n) is 1.30. The quantitative estimate of drug-likeness (QED) is 0.495. The Bertz CT molecular complexity index is 245. The van der Waals surface area contributed by atoms with Crippen molar-refractivity contribution >= 4 is 11.3 Å². The molecule has 0 saturated heterocycles. The molecule has 0 bridgehead atoms. The van der Waals surface area contributed by atoms with Gasteiger partial charge in [-0.1, -0.05) is 18.4 Å². The Balaban J connectivity index is 2.55. The summed E-state index contributed by atoms with van der Waals surface area (Å²) in [5.74, 6) is 0. The molecule has 0 amide bonds. The van der Waals surface area contributed by atoms with Crippen LogP contribution >= 0.6 is 11.3 Å². The number of thiophene rings is 1. The molecule has 1 aromatic heterocycles. The molecule has 11 heavy (non-hydrogen) atoms. The lowest BCUT2D eigenvalue weighted by molar-refractivity contribution is 0.168. The van der Waals surface area contributed by atoms with Crippen molar-refractivity contribution in [3.63, 3.8) is 0 Å². The maximum absolute atomic E-state index is 5.25.